The van der Waals surface area contributed by atoms with Gasteiger partial charge in [0, 0.05) is 62.3 Å². The molecule has 0 saturated carbocycles. The molecule has 0 atom stereocenters. The van der Waals surface area contributed by atoms with Crippen LogP contribution in [-0.4, -0.2) is 58.0 Å². The Morgan fingerprint density at radius 3 is 2.03 bits per heavy atom. The second-order valence-corrected chi connectivity index (χ2v) is 8.84. The van der Waals surface area contributed by atoms with Crippen LogP contribution in [-0.2, 0) is 6.54 Å². The Labute approximate surface area is 177 Å². The van der Waals surface area contributed by atoms with Crippen LogP contribution in [0.25, 0.3) is 11.4 Å². The largest absolute Gasteiger partial charge is 0.328 e. The van der Waals surface area contributed by atoms with Crippen molar-refractivity contribution in [3.63, 3.8) is 0 Å². The van der Waals surface area contributed by atoms with Crippen molar-refractivity contribution >= 4 is 0 Å². The average Bonchev–Trinajstić information content (AvgIpc) is 2.68. The molecule has 1 aliphatic rings. The number of hydrogen-bond acceptors (Lipinski definition) is 5. The molecule has 0 bridgehead atoms. The van der Waals surface area contributed by atoms with Gasteiger partial charge in [0.05, 0.1) is 0 Å². The zero-order valence-electron chi connectivity index (χ0n) is 19.1. The SMILES string of the molecule is CC(C)N.CC(C)c1cccc(-c2ncc(CN3CCN(C(C)C)CC3)cn2)c1. The van der Waals surface area contributed by atoms with E-state index >= 15 is 0 Å². The monoisotopic (exact) mass is 397 g/mol. The van der Waals surface area contributed by atoms with E-state index in [-0.39, 0.29) is 0 Å². The van der Waals surface area contributed by atoms with Crippen molar-refractivity contribution in [2.45, 2.75) is 66.1 Å². The van der Waals surface area contributed by atoms with Crippen LogP contribution < -0.4 is 5.73 Å². The standard InChI is InChI=1S/C21H30N4.C3H9N/c1-16(2)19-6-5-7-20(12-19)21-22-13-18(14-23-21)15-24-8-10-25(11-9-24)17(3)4;1-3(2)4/h5-7,12-14,16-17H,8-11,15H2,1-4H3;3H,4H2,1-2H3. The molecule has 1 fully saturated rings. The van der Waals surface area contributed by atoms with Crippen LogP contribution in [0, 0.1) is 0 Å². The third-order valence-corrected chi connectivity index (χ3v) is 5.06. The lowest BCUT2D eigenvalue weighted by molar-refractivity contribution is 0.104. The maximum absolute atomic E-state index is 5.11. The summed E-state index contributed by atoms with van der Waals surface area (Å²) < 4.78 is 0. The molecule has 2 aromatic rings. The molecule has 2 N–H and O–H groups in total. The van der Waals surface area contributed by atoms with Crippen LogP contribution in [0.3, 0.4) is 0 Å². The first kappa shape index (κ1) is 23.5. The molecule has 2 heterocycles. The highest BCUT2D eigenvalue weighted by Crippen LogP contribution is 2.21. The molecular formula is C24H39N5. The first-order chi connectivity index (χ1) is 13.8. The van der Waals surface area contributed by atoms with Gasteiger partial charge in [0.25, 0.3) is 0 Å². The van der Waals surface area contributed by atoms with E-state index in [1.165, 1.54) is 11.1 Å². The van der Waals surface area contributed by atoms with E-state index in [1.807, 2.05) is 26.2 Å². The minimum Gasteiger partial charge on any atom is -0.328 e. The van der Waals surface area contributed by atoms with E-state index in [0.717, 1.165) is 44.1 Å². The fourth-order valence-electron chi connectivity index (χ4n) is 3.32. The number of benzene rings is 1. The Bertz CT molecular complexity index is 714. The summed E-state index contributed by atoms with van der Waals surface area (Å²) in [6, 6.07) is 9.53. The third kappa shape index (κ3) is 7.84. The predicted molar refractivity (Wildman–Crippen MR) is 123 cm³/mol. The minimum absolute atomic E-state index is 0.333. The number of rotatable bonds is 5. The number of nitrogens with two attached hydrogens (primary N) is 1. The summed E-state index contributed by atoms with van der Waals surface area (Å²) >= 11 is 0. The fraction of sp³-hybridized carbons (Fsp3) is 0.583. The molecule has 160 valence electrons. The molecule has 0 spiro atoms. The third-order valence-electron chi connectivity index (χ3n) is 5.06. The van der Waals surface area contributed by atoms with Gasteiger partial charge < -0.3 is 5.73 Å². The lowest BCUT2D eigenvalue weighted by atomic mass is 10.0. The van der Waals surface area contributed by atoms with Crippen molar-refractivity contribution in [1.29, 1.82) is 0 Å². The highest BCUT2D eigenvalue weighted by Gasteiger charge is 2.18. The summed E-state index contributed by atoms with van der Waals surface area (Å²) in [5, 5.41) is 0. The Morgan fingerprint density at radius 2 is 1.52 bits per heavy atom. The first-order valence-corrected chi connectivity index (χ1v) is 10.9. The van der Waals surface area contributed by atoms with E-state index in [2.05, 4.69) is 71.7 Å². The second-order valence-electron chi connectivity index (χ2n) is 8.84. The normalized spacial score (nSPS) is 15.7. The molecule has 0 radical (unpaired) electrons. The van der Waals surface area contributed by atoms with Gasteiger partial charge in [-0.2, -0.15) is 0 Å². The summed E-state index contributed by atoms with van der Waals surface area (Å²) in [5.74, 6) is 1.33. The van der Waals surface area contributed by atoms with Gasteiger partial charge in [-0.3, -0.25) is 9.80 Å². The Balaban J connectivity index is 0.000000687. The summed E-state index contributed by atoms with van der Waals surface area (Å²) in [6.07, 6.45) is 3.97. The first-order valence-electron chi connectivity index (χ1n) is 10.9. The molecule has 3 rings (SSSR count). The summed E-state index contributed by atoms with van der Waals surface area (Å²) in [6.45, 7) is 18.3. The summed E-state index contributed by atoms with van der Waals surface area (Å²) in [7, 11) is 0. The molecule has 29 heavy (non-hydrogen) atoms. The predicted octanol–water partition coefficient (Wildman–Crippen LogP) is 4.15. The van der Waals surface area contributed by atoms with Crippen molar-refractivity contribution in [2.24, 2.45) is 5.73 Å². The van der Waals surface area contributed by atoms with Crippen molar-refractivity contribution in [3.8, 4) is 11.4 Å². The topological polar surface area (TPSA) is 58.3 Å². The Hall–Kier alpha value is -1.82. The number of hydrogen-bond donors (Lipinski definition) is 1. The smallest absolute Gasteiger partial charge is 0.159 e. The molecule has 1 aliphatic heterocycles. The highest BCUT2D eigenvalue weighted by atomic mass is 15.3. The van der Waals surface area contributed by atoms with Crippen molar-refractivity contribution in [3.05, 3.63) is 47.8 Å². The van der Waals surface area contributed by atoms with E-state index in [9.17, 15) is 0 Å². The van der Waals surface area contributed by atoms with Crippen LogP contribution in [0.15, 0.2) is 36.7 Å². The molecule has 1 aromatic carbocycles. The van der Waals surface area contributed by atoms with Gasteiger partial charge in [0.2, 0.25) is 0 Å². The maximum atomic E-state index is 5.11. The van der Waals surface area contributed by atoms with Crippen molar-refractivity contribution in [1.82, 2.24) is 19.8 Å². The van der Waals surface area contributed by atoms with Crippen molar-refractivity contribution in [2.75, 3.05) is 26.2 Å². The quantitative estimate of drug-likeness (QED) is 0.821. The van der Waals surface area contributed by atoms with Gasteiger partial charge >= 0.3 is 0 Å². The molecule has 0 unspecified atom stereocenters. The lowest BCUT2D eigenvalue weighted by Crippen LogP contribution is -2.48. The zero-order valence-corrected chi connectivity index (χ0v) is 19.1. The van der Waals surface area contributed by atoms with Gasteiger partial charge in [-0.1, -0.05) is 45.9 Å². The molecule has 1 saturated heterocycles. The fourth-order valence-corrected chi connectivity index (χ4v) is 3.32. The van der Waals surface area contributed by atoms with Gasteiger partial charge in [-0.15, -0.1) is 0 Å². The van der Waals surface area contributed by atoms with E-state index in [4.69, 9.17) is 5.73 Å². The summed E-state index contributed by atoms with van der Waals surface area (Å²) in [4.78, 5) is 14.3. The molecular weight excluding hydrogens is 358 g/mol. The second kappa shape index (κ2) is 11.4. The Kier molecular flexibility index (Phi) is 9.21. The molecule has 5 heteroatoms. The van der Waals surface area contributed by atoms with Gasteiger partial charge in [0.15, 0.2) is 5.82 Å². The molecule has 0 amide bonds. The van der Waals surface area contributed by atoms with Crippen LogP contribution in [0.2, 0.25) is 0 Å². The lowest BCUT2D eigenvalue weighted by Gasteiger charge is -2.36. The highest BCUT2D eigenvalue weighted by molar-refractivity contribution is 5.56. The number of piperazine rings is 1. The van der Waals surface area contributed by atoms with Crippen LogP contribution in [0.5, 0.6) is 0 Å². The zero-order chi connectivity index (χ0) is 21.4. The van der Waals surface area contributed by atoms with Gasteiger partial charge in [0.1, 0.15) is 0 Å². The van der Waals surface area contributed by atoms with Crippen LogP contribution >= 0.6 is 0 Å². The number of aromatic nitrogens is 2. The van der Waals surface area contributed by atoms with Gasteiger partial charge in [-0.25, -0.2) is 9.97 Å². The summed E-state index contributed by atoms with van der Waals surface area (Å²) in [5.41, 5.74) is 8.73. The van der Waals surface area contributed by atoms with E-state index in [0.29, 0.717) is 18.0 Å². The number of nitrogens with zero attached hydrogens (tertiary/aromatic N) is 4. The van der Waals surface area contributed by atoms with Crippen LogP contribution in [0.1, 0.15) is 58.6 Å². The van der Waals surface area contributed by atoms with Crippen LogP contribution in [0.4, 0.5) is 0 Å². The maximum Gasteiger partial charge on any atom is 0.159 e. The van der Waals surface area contributed by atoms with E-state index in [1.54, 1.807) is 0 Å². The van der Waals surface area contributed by atoms with Crippen molar-refractivity contribution < 1.29 is 0 Å². The molecule has 1 aromatic heterocycles. The average molecular weight is 398 g/mol. The van der Waals surface area contributed by atoms with Gasteiger partial charge in [-0.05, 0) is 37.4 Å². The Morgan fingerprint density at radius 1 is 0.931 bits per heavy atom. The minimum atomic E-state index is 0.333. The van der Waals surface area contributed by atoms with E-state index < -0.39 is 0 Å². The molecule has 0 aliphatic carbocycles. The molecule has 5 nitrogen and oxygen atoms in total.